The molecule has 0 aromatic heterocycles. The van der Waals surface area contributed by atoms with Gasteiger partial charge >= 0.3 is 0 Å². The lowest BCUT2D eigenvalue weighted by molar-refractivity contribution is -0.117. The van der Waals surface area contributed by atoms with Gasteiger partial charge in [-0.1, -0.05) is 36.4 Å². The third-order valence-electron chi connectivity index (χ3n) is 9.87. The van der Waals surface area contributed by atoms with Crippen LogP contribution in [0.25, 0.3) is 0 Å². The van der Waals surface area contributed by atoms with Crippen LogP contribution in [0.4, 0.5) is 34.1 Å². The van der Waals surface area contributed by atoms with Gasteiger partial charge in [-0.05, 0) is 38.1 Å². The lowest BCUT2D eigenvalue weighted by Crippen LogP contribution is -2.37. The van der Waals surface area contributed by atoms with Gasteiger partial charge in [0, 0.05) is 77.4 Å². The van der Waals surface area contributed by atoms with Crippen molar-refractivity contribution in [3.05, 3.63) is 107 Å². The zero-order valence-corrected chi connectivity index (χ0v) is 33.4. The minimum absolute atomic E-state index is 0.129. The van der Waals surface area contributed by atoms with Gasteiger partial charge in [0.25, 0.3) is 11.8 Å². The van der Waals surface area contributed by atoms with Crippen molar-refractivity contribution >= 4 is 57.8 Å². The number of carbonyl (C=O) groups excluding carboxylic acids is 4. The highest BCUT2D eigenvalue weighted by molar-refractivity contribution is 6.08. The van der Waals surface area contributed by atoms with E-state index in [-0.39, 0.29) is 68.7 Å². The molecule has 14 heteroatoms. The number of amides is 4. The van der Waals surface area contributed by atoms with E-state index in [4.69, 9.17) is 28.9 Å². The van der Waals surface area contributed by atoms with E-state index in [1.54, 1.807) is 101 Å². The van der Waals surface area contributed by atoms with Gasteiger partial charge in [0.15, 0.2) is 23.0 Å². The fourth-order valence-corrected chi connectivity index (χ4v) is 6.70. The molecule has 5 aromatic rings. The first-order valence-corrected chi connectivity index (χ1v) is 18.6. The Morgan fingerprint density at radius 3 is 1.24 bits per heavy atom. The average Bonchev–Trinajstić information content (AvgIpc) is 3.23. The number of ether oxygens (including phenoxy) is 4. The molecule has 0 aliphatic carbocycles. The summed E-state index contributed by atoms with van der Waals surface area (Å²) in [6.45, 7) is 7.05. The molecule has 2 aliphatic rings. The second kappa shape index (κ2) is 15.7. The van der Waals surface area contributed by atoms with Crippen LogP contribution in [0.15, 0.2) is 94.9 Å². The predicted octanol–water partition coefficient (Wildman–Crippen LogP) is 7.12. The minimum Gasteiger partial charge on any atom is -0.492 e. The number of benzene rings is 5. The molecule has 0 spiro atoms. The summed E-state index contributed by atoms with van der Waals surface area (Å²) in [4.78, 5) is 69.4. The topological polar surface area (TPSA) is 143 Å². The van der Waals surface area contributed by atoms with Crippen molar-refractivity contribution in [1.82, 2.24) is 0 Å². The van der Waals surface area contributed by atoms with E-state index in [1.165, 1.54) is 33.4 Å². The highest BCUT2D eigenvalue weighted by Gasteiger charge is 2.35. The van der Waals surface area contributed by atoms with E-state index in [0.717, 1.165) is 0 Å². The standard InChI is InChI=1S/C44H42N6O8/c1-9-55-35-21-29-33(23-31(35)49(7)43(53)27-17-13-11-14-18-27)57-41-37(45-29)39(47(5)25(3)51)42-38(40(41)48(6)26(4)52)46-30-22-36(56-10-2)32(24-34(30)58-42)50(8)44(54)28-19-15-12-16-20-28/h11-24H,9-10H2,1-8H3. The molecule has 2 aliphatic heterocycles. The number of hydrogen-bond acceptors (Lipinski definition) is 10. The summed E-state index contributed by atoms with van der Waals surface area (Å²) in [6.07, 6.45) is 0. The summed E-state index contributed by atoms with van der Waals surface area (Å²) in [5, 5.41) is 0.384. The Kier molecular flexibility index (Phi) is 10.6. The average molecular weight is 783 g/mol. The molecular formula is C44H42N6O8. The molecule has 0 atom stereocenters. The Morgan fingerprint density at radius 2 is 0.914 bits per heavy atom. The maximum absolute atomic E-state index is 13.6. The quantitative estimate of drug-likeness (QED) is 0.134. The normalized spacial score (nSPS) is 11.7. The van der Waals surface area contributed by atoms with E-state index in [2.05, 4.69) is 0 Å². The zero-order valence-electron chi connectivity index (χ0n) is 33.4. The lowest BCUT2D eigenvalue weighted by atomic mass is 10.1. The second-order valence-corrected chi connectivity index (χ2v) is 13.5. The molecule has 296 valence electrons. The van der Waals surface area contributed by atoms with Crippen molar-refractivity contribution in [2.24, 2.45) is 9.98 Å². The Morgan fingerprint density at radius 1 is 0.552 bits per heavy atom. The van der Waals surface area contributed by atoms with Crippen LogP contribution in [-0.4, -0.2) is 65.0 Å². The summed E-state index contributed by atoms with van der Waals surface area (Å²) in [5.74, 6) is 0.289. The van der Waals surface area contributed by atoms with Gasteiger partial charge in [-0.2, -0.15) is 0 Å². The summed E-state index contributed by atoms with van der Waals surface area (Å²) < 4.78 is 25.5. The van der Waals surface area contributed by atoms with Crippen molar-refractivity contribution in [2.45, 2.75) is 27.7 Å². The van der Waals surface area contributed by atoms with Crippen molar-refractivity contribution < 1.29 is 38.1 Å². The Balaban J connectivity index is 1.47. The van der Waals surface area contributed by atoms with Crippen molar-refractivity contribution in [3.8, 4) is 34.5 Å². The monoisotopic (exact) mass is 782 g/mol. The van der Waals surface area contributed by atoms with E-state index in [1.807, 2.05) is 26.0 Å². The number of rotatable bonds is 10. The zero-order chi connectivity index (χ0) is 41.4. The number of anilines is 4. The minimum atomic E-state index is -0.348. The Bertz CT molecular complexity index is 2430. The van der Waals surface area contributed by atoms with E-state index in [0.29, 0.717) is 58.6 Å². The van der Waals surface area contributed by atoms with Gasteiger partial charge in [-0.25, -0.2) is 9.98 Å². The van der Waals surface area contributed by atoms with Gasteiger partial charge < -0.3 is 38.5 Å². The van der Waals surface area contributed by atoms with Crippen LogP contribution in [0, 0.1) is 0 Å². The highest BCUT2D eigenvalue weighted by atomic mass is 16.5. The molecule has 0 saturated heterocycles. The van der Waals surface area contributed by atoms with Crippen molar-refractivity contribution in [3.63, 3.8) is 0 Å². The molecule has 14 nitrogen and oxygen atoms in total. The highest BCUT2D eigenvalue weighted by Crippen LogP contribution is 2.49. The predicted molar refractivity (Wildman–Crippen MR) is 220 cm³/mol. The van der Waals surface area contributed by atoms with E-state index >= 15 is 0 Å². The third kappa shape index (κ3) is 6.93. The summed E-state index contributed by atoms with van der Waals surface area (Å²) in [7, 11) is 6.43. The Labute approximate surface area is 335 Å². The molecule has 58 heavy (non-hydrogen) atoms. The van der Waals surface area contributed by atoms with E-state index < -0.39 is 0 Å². The molecule has 7 rings (SSSR count). The van der Waals surface area contributed by atoms with Crippen LogP contribution >= 0.6 is 0 Å². The van der Waals surface area contributed by atoms with Gasteiger partial charge in [-0.3, -0.25) is 19.2 Å². The molecule has 0 fully saturated rings. The SMILES string of the molecule is CCOc1cc2c(cc1N(C)C(=O)c1ccccc1)Oc1c(N(C)C(C)=O)c3c(c(N(C)C(C)=O)c1=N2)Oc1cc(N(C)C(=O)c2ccccc2)c(OCC)cc1N=3. The fourth-order valence-electron chi connectivity index (χ4n) is 6.70. The molecular weight excluding hydrogens is 741 g/mol. The van der Waals surface area contributed by atoms with Gasteiger partial charge in [0.05, 0.1) is 24.6 Å². The van der Waals surface area contributed by atoms with Crippen LogP contribution in [0.1, 0.15) is 48.4 Å². The molecule has 2 heterocycles. The summed E-state index contributed by atoms with van der Waals surface area (Å²) in [6, 6.07) is 24.4. The first-order valence-electron chi connectivity index (χ1n) is 18.6. The first-order chi connectivity index (χ1) is 27.8. The van der Waals surface area contributed by atoms with Gasteiger partial charge in [0.2, 0.25) is 11.8 Å². The first kappa shape index (κ1) is 39.0. The smallest absolute Gasteiger partial charge is 0.258 e. The molecule has 0 radical (unpaired) electrons. The van der Waals surface area contributed by atoms with Crippen LogP contribution in [0.2, 0.25) is 0 Å². The largest absolute Gasteiger partial charge is 0.492 e. The number of carbonyl (C=O) groups is 4. The third-order valence-corrected chi connectivity index (χ3v) is 9.87. The number of hydrogen-bond donors (Lipinski definition) is 0. The van der Waals surface area contributed by atoms with Gasteiger partial charge in [-0.15, -0.1) is 0 Å². The van der Waals surface area contributed by atoms with Gasteiger partial charge in [0.1, 0.15) is 45.0 Å². The second-order valence-electron chi connectivity index (χ2n) is 13.5. The van der Waals surface area contributed by atoms with Crippen molar-refractivity contribution in [1.29, 1.82) is 0 Å². The molecule has 0 bridgehead atoms. The lowest BCUT2D eigenvalue weighted by Gasteiger charge is -2.30. The molecule has 0 unspecified atom stereocenters. The molecule has 0 saturated carbocycles. The van der Waals surface area contributed by atoms with E-state index in [9.17, 15) is 19.2 Å². The summed E-state index contributed by atoms with van der Waals surface area (Å²) in [5.41, 5.74) is 2.93. The molecule has 4 amide bonds. The van der Waals surface area contributed by atoms with Crippen LogP contribution in [-0.2, 0) is 9.59 Å². The van der Waals surface area contributed by atoms with Crippen LogP contribution in [0.3, 0.4) is 0 Å². The fraction of sp³-hybridized carbons (Fsp3) is 0.227. The van der Waals surface area contributed by atoms with Crippen LogP contribution < -0.4 is 49.3 Å². The van der Waals surface area contributed by atoms with Crippen molar-refractivity contribution in [2.75, 3.05) is 61.0 Å². The molecule has 5 aromatic carbocycles. The summed E-state index contributed by atoms with van der Waals surface area (Å²) >= 11 is 0. The maximum Gasteiger partial charge on any atom is 0.258 e. The number of fused-ring (bicyclic) bond motifs is 4. The maximum atomic E-state index is 13.6. The molecule has 0 N–H and O–H groups in total. The Hall–Kier alpha value is -7.22. The van der Waals surface area contributed by atoms with Crippen LogP contribution in [0.5, 0.6) is 34.5 Å². The number of nitrogens with zero attached hydrogens (tertiary/aromatic N) is 6.